The number of anilines is 1. The van der Waals surface area contributed by atoms with Crippen molar-refractivity contribution >= 4 is 11.8 Å². The fourth-order valence-electron chi connectivity index (χ4n) is 2.33. The summed E-state index contributed by atoms with van der Waals surface area (Å²) in [5, 5.41) is 0. The smallest absolute Gasteiger partial charge is 0.376 e. The van der Waals surface area contributed by atoms with Gasteiger partial charge in [0.15, 0.2) is 0 Å². The van der Waals surface area contributed by atoms with Crippen molar-refractivity contribution in [3.05, 3.63) is 18.1 Å². The fraction of sp³-hybridized carbons (Fsp3) is 0.615. The van der Waals surface area contributed by atoms with E-state index in [1.165, 1.54) is 7.11 Å². The highest BCUT2D eigenvalue weighted by Gasteiger charge is 2.22. The summed E-state index contributed by atoms with van der Waals surface area (Å²) in [4.78, 5) is 24.1. The number of piperidine rings is 1. The van der Waals surface area contributed by atoms with Crippen LogP contribution in [0.4, 0.5) is 5.82 Å². The first-order valence-corrected chi connectivity index (χ1v) is 6.44. The molecule has 6 nitrogen and oxygen atoms in total. The van der Waals surface area contributed by atoms with Gasteiger partial charge in [0.2, 0.25) is 5.82 Å². The number of hydrogen-bond donors (Lipinski definition) is 0. The molecule has 0 N–H and O–H groups in total. The van der Waals surface area contributed by atoms with Crippen molar-refractivity contribution in [1.29, 1.82) is 0 Å². The van der Waals surface area contributed by atoms with Crippen molar-refractivity contribution in [2.45, 2.75) is 18.9 Å². The molecule has 0 atom stereocenters. The molecule has 0 aliphatic carbocycles. The van der Waals surface area contributed by atoms with Crippen LogP contribution in [0.2, 0.25) is 0 Å². The van der Waals surface area contributed by atoms with E-state index in [1.54, 1.807) is 6.20 Å². The Balaban J connectivity index is 2.05. The predicted molar refractivity (Wildman–Crippen MR) is 72.3 cm³/mol. The maximum absolute atomic E-state index is 11.4. The van der Waals surface area contributed by atoms with Crippen molar-refractivity contribution < 1.29 is 9.53 Å². The molecule has 19 heavy (non-hydrogen) atoms. The van der Waals surface area contributed by atoms with Crippen LogP contribution in [0.5, 0.6) is 0 Å². The van der Waals surface area contributed by atoms with Gasteiger partial charge in [-0.3, -0.25) is 0 Å². The molecule has 0 aromatic carbocycles. The molecule has 1 fully saturated rings. The summed E-state index contributed by atoms with van der Waals surface area (Å²) in [5.74, 6) is 0.423. The second-order valence-corrected chi connectivity index (χ2v) is 4.91. The van der Waals surface area contributed by atoms with Gasteiger partial charge in [-0.1, -0.05) is 0 Å². The summed E-state index contributed by atoms with van der Waals surface area (Å²) in [6, 6.07) is 2.46. The van der Waals surface area contributed by atoms with E-state index in [9.17, 15) is 4.79 Å². The van der Waals surface area contributed by atoms with Gasteiger partial charge in [0, 0.05) is 25.3 Å². The molecule has 0 saturated carbocycles. The lowest BCUT2D eigenvalue weighted by molar-refractivity contribution is 0.0586. The number of esters is 1. The largest absolute Gasteiger partial charge is 0.463 e. The Morgan fingerprint density at radius 1 is 1.42 bits per heavy atom. The molecule has 0 unspecified atom stereocenters. The van der Waals surface area contributed by atoms with Crippen LogP contribution in [-0.4, -0.2) is 61.2 Å². The molecule has 1 aliphatic rings. The molecule has 0 spiro atoms. The first kappa shape index (κ1) is 13.7. The number of methoxy groups -OCH3 is 1. The summed E-state index contributed by atoms with van der Waals surface area (Å²) in [6.45, 7) is 1.89. The van der Waals surface area contributed by atoms with Crippen LogP contribution in [0.15, 0.2) is 12.3 Å². The summed E-state index contributed by atoms with van der Waals surface area (Å²) in [6.07, 6.45) is 3.81. The number of rotatable bonds is 3. The third kappa shape index (κ3) is 3.20. The van der Waals surface area contributed by atoms with E-state index < -0.39 is 5.97 Å². The summed E-state index contributed by atoms with van der Waals surface area (Å²) in [7, 11) is 5.56. The van der Waals surface area contributed by atoms with Crippen LogP contribution >= 0.6 is 0 Å². The highest BCUT2D eigenvalue weighted by molar-refractivity contribution is 5.85. The molecule has 6 heteroatoms. The van der Waals surface area contributed by atoms with Crippen LogP contribution in [0.3, 0.4) is 0 Å². The van der Waals surface area contributed by atoms with Gasteiger partial charge in [0.25, 0.3) is 0 Å². The Bertz CT molecular complexity index is 442. The first-order valence-electron chi connectivity index (χ1n) is 6.44. The van der Waals surface area contributed by atoms with Gasteiger partial charge in [-0.15, -0.1) is 0 Å². The zero-order chi connectivity index (χ0) is 13.8. The summed E-state index contributed by atoms with van der Waals surface area (Å²) in [5.41, 5.74) is 0. The first-order chi connectivity index (χ1) is 9.11. The molecule has 2 heterocycles. The quantitative estimate of drug-likeness (QED) is 0.752. The van der Waals surface area contributed by atoms with Gasteiger partial charge in [-0.2, -0.15) is 0 Å². The highest BCUT2D eigenvalue weighted by atomic mass is 16.5. The van der Waals surface area contributed by atoms with Crippen molar-refractivity contribution in [3.8, 4) is 0 Å². The van der Waals surface area contributed by atoms with E-state index in [1.807, 2.05) is 6.07 Å². The summed E-state index contributed by atoms with van der Waals surface area (Å²) < 4.78 is 4.64. The van der Waals surface area contributed by atoms with Gasteiger partial charge >= 0.3 is 5.97 Å². The Labute approximate surface area is 113 Å². The van der Waals surface area contributed by atoms with Crippen LogP contribution < -0.4 is 4.90 Å². The Kier molecular flexibility index (Phi) is 4.31. The molecule has 1 aromatic heterocycles. The third-order valence-electron chi connectivity index (χ3n) is 3.53. The van der Waals surface area contributed by atoms with Crippen LogP contribution in [0.1, 0.15) is 23.5 Å². The van der Waals surface area contributed by atoms with Crippen molar-refractivity contribution in [2.75, 3.05) is 39.2 Å². The van der Waals surface area contributed by atoms with E-state index in [0.29, 0.717) is 6.04 Å². The van der Waals surface area contributed by atoms with Crippen molar-refractivity contribution in [3.63, 3.8) is 0 Å². The number of hydrogen-bond acceptors (Lipinski definition) is 6. The molecule has 104 valence electrons. The average molecular weight is 264 g/mol. The lowest BCUT2D eigenvalue weighted by Gasteiger charge is -2.35. The Hall–Kier alpha value is -1.69. The standard InChI is InChI=1S/C13H20N4O2/c1-16(2)10-5-8-17(9-6-10)11-4-7-14-12(15-11)13(18)19-3/h4,7,10H,5-6,8-9H2,1-3H3. The van der Waals surface area contributed by atoms with Gasteiger partial charge in [-0.05, 0) is 33.0 Å². The number of ether oxygens (including phenoxy) is 1. The van der Waals surface area contributed by atoms with E-state index in [-0.39, 0.29) is 5.82 Å². The van der Waals surface area contributed by atoms with Gasteiger partial charge in [0.1, 0.15) is 5.82 Å². The maximum Gasteiger partial charge on any atom is 0.376 e. The van der Waals surface area contributed by atoms with Gasteiger partial charge in [-0.25, -0.2) is 14.8 Å². The molecule has 1 saturated heterocycles. The molecule has 1 aliphatic heterocycles. The molecule has 0 amide bonds. The zero-order valence-corrected chi connectivity index (χ0v) is 11.7. The topological polar surface area (TPSA) is 58.6 Å². The minimum Gasteiger partial charge on any atom is -0.463 e. The Morgan fingerprint density at radius 2 is 2.11 bits per heavy atom. The number of carbonyl (C=O) groups is 1. The molecular formula is C13H20N4O2. The van der Waals surface area contributed by atoms with Crippen LogP contribution in [0, 0.1) is 0 Å². The lowest BCUT2D eigenvalue weighted by atomic mass is 10.0. The maximum atomic E-state index is 11.4. The molecule has 0 bridgehead atoms. The summed E-state index contributed by atoms with van der Waals surface area (Å²) >= 11 is 0. The number of carbonyl (C=O) groups excluding carboxylic acids is 1. The monoisotopic (exact) mass is 264 g/mol. The normalized spacial score (nSPS) is 16.7. The lowest BCUT2D eigenvalue weighted by Crippen LogP contribution is -2.42. The second-order valence-electron chi connectivity index (χ2n) is 4.91. The second kappa shape index (κ2) is 5.97. The zero-order valence-electron chi connectivity index (χ0n) is 11.7. The van der Waals surface area contributed by atoms with Crippen LogP contribution in [0.25, 0.3) is 0 Å². The molecule has 1 aromatic rings. The fourth-order valence-corrected chi connectivity index (χ4v) is 2.33. The number of nitrogens with zero attached hydrogens (tertiary/aromatic N) is 4. The molecule has 0 radical (unpaired) electrons. The predicted octanol–water partition coefficient (Wildman–Crippen LogP) is 0.794. The van der Waals surface area contributed by atoms with Crippen LogP contribution in [-0.2, 0) is 4.74 Å². The third-order valence-corrected chi connectivity index (χ3v) is 3.53. The van der Waals surface area contributed by atoms with Crippen molar-refractivity contribution in [1.82, 2.24) is 14.9 Å². The molecule has 2 rings (SSSR count). The average Bonchev–Trinajstić information content (AvgIpc) is 2.46. The van der Waals surface area contributed by atoms with E-state index in [0.717, 1.165) is 31.7 Å². The van der Waals surface area contributed by atoms with E-state index >= 15 is 0 Å². The van der Waals surface area contributed by atoms with Gasteiger partial charge in [0.05, 0.1) is 7.11 Å². The highest BCUT2D eigenvalue weighted by Crippen LogP contribution is 2.19. The molecular weight excluding hydrogens is 244 g/mol. The minimum atomic E-state index is -0.495. The van der Waals surface area contributed by atoms with Gasteiger partial charge < -0.3 is 14.5 Å². The minimum absolute atomic E-state index is 0.120. The van der Waals surface area contributed by atoms with E-state index in [2.05, 4.69) is 38.6 Å². The number of aromatic nitrogens is 2. The SMILES string of the molecule is COC(=O)c1nccc(N2CCC(N(C)C)CC2)n1. The van der Waals surface area contributed by atoms with E-state index in [4.69, 9.17) is 0 Å². The van der Waals surface area contributed by atoms with Crippen molar-refractivity contribution in [2.24, 2.45) is 0 Å². The Morgan fingerprint density at radius 3 is 2.68 bits per heavy atom.